The Hall–Kier alpha value is -1.65. The predicted octanol–water partition coefficient (Wildman–Crippen LogP) is 13.5. The van der Waals surface area contributed by atoms with E-state index in [0.717, 1.165) is 32.1 Å². The summed E-state index contributed by atoms with van der Waals surface area (Å²) >= 11 is 0. The quantitative estimate of drug-likeness (QED) is 0.0403. The van der Waals surface area contributed by atoms with Crippen molar-refractivity contribution in [2.24, 2.45) is 0 Å². The second kappa shape index (κ2) is 41.5. The lowest BCUT2D eigenvalue weighted by molar-refractivity contribution is -0.154. The predicted molar refractivity (Wildman–Crippen MR) is 210 cm³/mol. The van der Waals surface area contributed by atoms with Gasteiger partial charge in [0.15, 0.2) is 0 Å². The zero-order chi connectivity index (χ0) is 34.9. The van der Waals surface area contributed by atoms with Gasteiger partial charge in [-0.05, 0) is 77.0 Å². The summed E-state index contributed by atoms with van der Waals surface area (Å²) in [7, 11) is 0. The van der Waals surface area contributed by atoms with Crippen LogP contribution >= 0.6 is 0 Å². The highest BCUT2D eigenvalue weighted by atomic mass is 16.6. The molecule has 1 unspecified atom stereocenters. The second-order valence-electron chi connectivity index (χ2n) is 13.7. The Kier molecular flexibility index (Phi) is 40.1. The summed E-state index contributed by atoms with van der Waals surface area (Å²) in [5.41, 5.74) is 0. The summed E-state index contributed by atoms with van der Waals surface area (Å²) in [6, 6.07) is 0. The summed E-state index contributed by atoms with van der Waals surface area (Å²) in [4.78, 5) is 12.2. The van der Waals surface area contributed by atoms with Crippen LogP contribution in [0.5, 0.6) is 0 Å². The molecule has 0 bridgehead atoms. The van der Waals surface area contributed by atoms with Crippen LogP contribution in [0.25, 0.3) is 0 Å². The molecule has 0 saturated carbocycles. The van der Waals surface area contributed by atoms with Crippen molar-refractivity contribution in [3.8, 4) is 0 Å². The van der Waals surface area contributed by atoms with Crippen molar-refractivity contribution in [1.29, 1.82) is 0 Å². The molecule has 0 spiro atoms. The molecular formula is C44H80O4. The fourth-order valence-corrected chi connectivity index (χ4v) is 5.74. The lowest BCUT2D eigenvalue weighted by atomic mass is 10.1. The van der Waals surface area contributed by atoms with Crippen molar-refractivity contribution in [2.45, 2.75) is 206 Å². The number of carbonyl (C=O) groups excluding carboxylic acids is 1. The maximum Gasteiger partial charge on any atom is 0.306 e. The summed E-state index contributed by atoms with van der Waals surface area (Å²) in [5.74, 6) is -0.213. The van der Waals surface area contributed by atoms with Gasteiger partial charge in [0.1, 0.15) is 6.10 Å². The van der Waals surface area contributed by atoms with Gasteiger partial charge < -0.3 is 14.6 Å². The van der Waals surface area contributed by atoms with E-state index in [1.165, 1.54) is 148 Å². The number of aliphatic hydroxyl groups excluding tert-OH is 1. The number of carbonyl (C=O) groups is 1. The third kappa shape index (κ3) is 38.8. The van der Waals surface area contributed by atoms with E-state index in [4.69, 9.17) is 9.47 Å². The minimum absolute atomic E-state index is 0.180. The van der Waals surface area contributed by atoms with Gasteiger partial charge >= 0.3 is 5.97 Å². The van der Waals surface area contributed by atoms with Crippen LogP contribution in [0.1, 0.15) is 200 Å². The molecule has 0 rings (SSSR count). The lowest BCUT2D eigenvalue weighted by Gasteiger charge is -2.15. The topological polar surface area (TPSA) is 55.8 Å². The van der Waals surface area contributed by atoms with Gasteiger partial charge in [0.05, 0.1) is 13.2 Å². The summed E-state index contributed by atoms with van der Waals surface area (Å²) in [6.45, 7) is 5.29. The van der Waals surface area contributed by atoms with E-state index >= 15 is 0 Å². The molecular weight excluding hydrogens is 592 g/mol. The van der Waals surface area contributed by atoms with Gasteiger partial charge in [0.2, 0.25) is 0 Å². The van der Waals surface area contributed by atoms with Gasteiger partial charge in [0, 0.05) is 13.0 Å². The first-order chi connectivity index (χ1) is 23.7. The summed E-state index contributed by atoms with van der Waals surface area (Å²) in [5, 5.41) is 9.59. The minimum Gasteiger partial charge on any atom is -0.457 e. The fraction of sp³-hybridized carbons (Fsp3) is 0.795. The Morgan fingerprint density at radius 3 is 1.38 bits per heavy atom. The highest BCUT2D eigenvalue weighted by molar-refractivity contribution is 5.69. The molecule has 0 aromatic heterocycles. The fourth-order valence-electron chi connectivity index (χ4n) is 5.74. The molecule has 280 valence electrons. The Morgan fingerprint density at radius 2 is 0.875 bits per heavy atom. The maximum atomic E-state index is 12.2. The first-order valence-corrected chi connectivity index (χ1v) is 20.7. The molecule has 4 nitrogen and oxygen atoms in total. The van der Waals surface area contributed by atoms with Crippen molar-refractivity contribution in [3.63, 3.8) is 0 Å². The molecule has 0 amide bonds. The zero-order valence-electron chi connectivity index (χ0n) is 32.0. The van der Waals surface area contributed by atoms with E-state index in [1.54, 1.807) is 0 Å². The van der Waals surface area contributed by atoms with Crippen molar-refractivity contribution >= 4 is 5.97 Å². The number of unbranched alkanes of at least 4 members (excludes halogenated alkanes) is 22. The maximum absolute atomic E-state index is 12.2. The van der Waals surface area contributed by atoms with Crippen LogP contribution in [0.4, 0.5) is 0 Å². The van der Waals surface area contributed by atoms with E-state index in [9.17, 15) is 9.90 Å². The number of aliphatic hydroxyl groups is 1. The number of rotatable bonds is 38. The number of hydrogen-bond donors (Lipinski definition) is 1. The van der Waals surface area contributed by atoms with Crippen LogP contribution in [0.2, 0.25) is 0 Å². The molecule has 1 atom stereocenters. The summed E-state index contributed by atoms with van der Waals surface area (Å²) < 4.78 is 11.1. The first-order valence-electron chi connectivity index (χ1n) is 20.7. The van der Waals surface area contributed by atoms with Crippen LogP contribution in [0.15, 0.2) is 48.6 Å². The number of ether oxygens (including phenoxy) is 2. The standard InChI is InChI=1S/C44H80O4/c1-3-5-7-9-11-13-15-17-19-21-22-23-24-26-28-30-32-34-36-38-40-47-42-43(41-45)48-44(46)39-37-35-33-31-29-27-25-20-18-16-14-12-10-8-6-4-2/h11,13,17,19-20,22-23,25,43,45H,3-10,12,14-16,18,21,24,26-42H2,1-2H3/b13-11-,19-17-,23-22-,25-20-. The molecule has 0 aliphatic carbocycles. The van der Waals surface area contributed by atoms with Crippen molar-refractivity contribution < 1.29 is 19.4 Å². The van der Waals surface area contributed by atoms with Crippen LogP contribution in [-0.2, 0) is 14.3 Å². The van der Waals surface area contributed by atoms with Gasteiger partial charge in [-0.1, -0.05) is 165 Å². The summed E-state index contributed by atoms with van der Waals surface area (Å²) in [6.07, 6.45) is 53.0. The average molecular weight is 673 g/mol. The van der Waals surface area contributed by atoms with Crippen LogP contribution < -0.4 is 0 Å². The SMILES string of the molecule is CCCCC/C=C\C/C=C\C/C=C\CCCCCCCCCOCC(CO)OC(=O)CCCCCCC/C=C\CCCCCCCCC. The van der Waals surface area contributed by atoms with Gasteiger partial charge in [-0.3, -0.25) is 4.79 Å². The van der Waals surface area contributed by atoms with Gasteiger partial charge in [-0.2, -0.15) is 0 Å². The van der Waals surface area contributed by atoms with Gasteiger partial charge in [-0.25, -0.2) is 0 Å². The Morgan fingerprint density at radius 1 is 0.500 bits per heavy atom. The minimum atomic E-state index is -0.544. The largest absolute Gasteiger partial charge is 0.457 e. The molecule has 0 aliphatic heterocycles. The highest BCUT2D eigenvalue weighted by Crippen LogP contribution is 2.12. The molecule has 0 radical (unpaired) electrons. The average Bonchev–Trinajstić information content (AvgIpc) is 3.09. The zero-order valence-corrected chi connectivity index (χ0v) is 32.0. The lowest BCUT2D eigenvalue weighted by Crippen LogP contribution is -2.27. The van der Waals surface area contributed by atoms with E-state index < -0.39 is 6.10 Å². The van der Waals surface area contributed by atoms with Crippen molar-refractivity contribution in [1.82, 2.24) is 0 Å². The van der Waals surface area contributed by atoms with E-state index in [1.807, 2.05) is 0 Å². The highest BCUT2D eigenvalue weighted by Gasteiger charge is 2.13. The normalized spacial score (nSPS) is 12.8. The molecule has 1 N–H and O–H groups in total. The molecule has 0 aromatic carbocycles. The van der Waals surface area contributed by atoms with Crippen molar-refractivity contribution in [3.05, 3.63) is 48.6 Å². The number of hydrogen-bond acceptors (Lipinski definition) is 4. The Balaban J connectivity index is 3.47. The van der Waals surface area contributed by atoms with E-state index in [0.29, 0.717) is 13.0 Å². The van der Waals surface area contributed by atoms with Gasteiger partial charge in [0.25, 0.3) is 0 Å². The van der Waals surface area contributed by atoms with E-state index in [2.05, 4.69) is 62.5 Å². The van der Waals surface area contributed by atoms with Crippen molar-refractivity contribution in [2.75, 3.05) is 19.8 Å². The third-order valence-corrected chi connectivity index (χ3v) is 8.88. The Bertz CT molecular complexity index is 753. The molecule has 4 heteroatoms. The molecule has 48 heavy (non-hydrogen) atoms. The number of esters is 1. The molecule has 0 aliphatic rings. The molecule has 0 heterocycles. The Labute approximate surface area is 299 Å². The molecule has 0 fully saturated rings. The van der Waals surface area contributed by atoms with Crippen LogP contribution in [0, 0.1) is 0 Å². The first kappa shape index (κ1) is 46.4. The monoisotopic (exact) mass is 673 g/mol. The molecule has 0 aromatic rings. The van der Waals surface area contributed by atoms with Crippen LogP contribution in [-0.4, -0.2) is 37.0 Å². The number of allylic oxidation sites excluding steroid dienone is 8. The van der Waals surface area contributed by atoms with Gasteiger partial charge in [-0.15, -0.1) is 0 Å². The molecule has 0 saturated heterocycles. The third-order valence-electron chi connectivity index (χ3n) is 8.88. The van der Waals surface area contributed by atoms with Crippen LogP contribution in [0.3, 0.4) is 0 Å². The second-order valence-corrected chi connectivity index (χ2v) is 13.7. The smallest absolute Gasteiger partial charge is 0.306 e. The van der Waals surface area contributed by atoms with E-state index in [-0.39, 0.29) is 19.2 Å².